The van der Waals surface area contributed by atoms with Crippen LogP contribution in [0, 0.1) is 0 Å². The molecule has 0 aliphatic carbocycles. The number of amides is 1. The lowest BCUT2D eigenvalue weighted by Gasteiger charge is -2.18. The van der Waals surface area contributed by atoms with Crippen molar-refractivity contribution in [2.75, 3.05) is 17.7 Å². The number of hydrogen-bond acceptors (Lipinski definition) is 3. The van der Waals surface area contributed by atoms with Gasteiger partial charge in [0.25, 0.3) is 0 Å². The van der Waals surface area contributed by atoms with Crippen LogP contribution in [0.3, 0.4) is 0 Å². The number of rotatable bonds is 0. The zero-order valence-corrected chi connectivity index (χ0v) is 8.36. The minimum absolute atomic E-state index is 0.119. The smallest absolute Gasteiger partial charge is 0.246 e. The van der Waals surface area contributed by atoms with E-state index in [2.05, 4.69) is 10.6 Å². The van der Waals surface area contributed by atoms with Crippen molar-refractivity contribution in [3.8, 4) is 0 Å². The van der Waals surface area contributed by atoms with E-state index in [1.54, 1.807) is 11.8 Å². The standard InChI is InChI=1S/C10H10N2OS/c13-9-10(5-11-6-14-10)7-3-1-2-4-8(7)12-9/h1-4,11H,5-6H2,(H,12,13)/t10-/m0/s1. The Morgan fingerprint density at radius 3 is 3.00 bits per heavy atom. The van der Waals surface area contributed by atoms with E-state index >= 15 is 0 Å². The highest BCUT2D eigenvalue weighted by atomic mass is 32.2. The van der Waals surface area contributed by atoms with Crippen LogP contribution in [-0.2, 0) is 9.54 Å². The molecule has 72 valence electrons. The molecule has 14 heavy (non-hydrogen) atoms. The molecule has 0 radical (unpaired) electrons. The molecule has 2 N–H and O–H groups in total. The SMILES string of the molecule is O=C1Nc2ccccc2[C@@]12CNCS2. The summed E-state index contributed by atoms with van der Waals surface area (Å²) in [7, 11) is 0. The maximum Gasteiger partial charge on any atom is 0.246 e. The van der Waals surface area contributed by atoms with Gasteiger partial charge < -0.3 is 10.6 Å². The number of hydrogen-bond donors (Lipinski definition) is 2. The van der Waals surface area contributed by atoms with E-state index in [0.717, 1.165) is 23.7 Å². The second-order valence-corrected chi connectivity index (χ2v) is 4.82. The molecule has 2 aliphatic heterocycles. The second-order valence-electron chi connectivity index (χ2n) is 3.54. The highest BCUT2D eigenvalue weighted by molar-refractivity contribution is 8.01. The van der Waals surface area contributed by atoms with Gasteiger partial charge in [-0.15, -0.1) is 11.8 Å². The lowest BCUT2D eigenvalue weighted by molar-refractivity contribution is -0.117. The fraction of sp³-hybridized carbons (Fsp3) is 0.300. The van der Waals surface area contributed by atoms with Crippen molar-refractivity contribution in [3.05, 3.63) is 29.8 Å². The van der Waals surface area contributed by atoms with Crippen LogP contribution >= 0.6 is 11.8 Å². The number of benzene rings is 1. The third-order valence-electron chi connectivity index (χ3n) is 2.77. The van der Waals surface area contributed by atoms with E-state index in [1.165, 1.54) is 0 Å². The van der Waals surface area contributed by atoms with Crippen LogP contribution in [-0.4, -0.2) is 18.3 Å². The number of fused-ring (bicyclic) bond motifs is 2. The minimum atomic E-state index is -0.364. The first-order valence-electron chi connectivity index (χ1n) is 4.58. The van der Waals surface area contributed by atoms with Gasteiger partial charge in [0.2, 0.25) is 5.91 Å². The van der Waals surface area contributed by atoms with Gasteiger partial charge >= 0.3 is 0 Å². The summed E-state index contributed by atoms with van der Waals surface area (Å²) in [6.45, 7) is 0.737. The van der Waals surface area contributed by atoms with Crippen LogP contribution in [0.25, 0.3) is 0 Å². The van der Waals surface area contributed by atoms with E-state index < -0.39 is 0 Å². The third kappa shape index (κ3) is 0.898. The Hall–Kier alpha value is -1.00. The highest BCUT2D eigenvalue weighted by Crippen LogP contribution is 2.47. The van der Waals surface area contributed by atoms with Gasteiger partial charge in [0.15, 0.2) is 0 Å². The molecule has 1 fully saturated rings. The summed E-state index contributed by atoms with van der Waals surface area (Å²) in [4.78, 5) is 11.9. The molecular weight excluding hydrogens is 196 g/mol. The number of nitrogens with one attached hydrogen (secondary N) is 2. The monoisotopic (exact) mass is 206 g/mol. The average Bonchev–Trinajstić information content (AvgIpc) is 2.77. The fourth-order valence-corrected chi connectivity index (χ4v) is 3.23. The van der Waals surface area contributed by atoms with Crippen molar-refractivity contribution in [1.82, 2.24) is 5.32 Å². The minimum Gasteiger partial charge on any atom is -0.324 e. The van der Waals surface area contributed by atoms with Crippen molar-refractivity contribution in [1.29, 1.82) is 0 Å². The fourth-order valence-electron chi connectivity index (χ4n) is 2.06. The Labute approximate surface area is 86.3 Å². The quantitative estimate of drug-likeness (QED) is 0.668. The molecule has 2 aliphatic rings. The number of carbonyl (C=O) groups excluding carboxylic acids is 1. The van der Waals surface area contributed by atoms with Crippen LogP contribution in [0.1, 0.15) is 5.56 Å². The molecule has 0 aromatic heterocycles. The van der Waals surface area contributed by atoms with Crippen LogP contribution in [0.2, 0.25) is 0 Å². The number of thioether (sulfide) groups is 1. The summed E-state index contributed by atoms with van der Waals surface area (Å²) < 4.78 is -0.364. The summed E-state index contributed by atoms with van der Waals surface area (Å²) in [6.07, 6.45) is 0. The molecule has 1 aromatic carbocycles. The number of anilines is 1. The Morgan fingerprint density at radius 1 is 1.36 bits per heavy atom. The predicted molar refractivity (Wildman–Crippen MR) is 57.2 cm³/mol. The van der Waals surface area contributed by atoms with E-state index in [-0.39, 0.29) is 10.7 Å². The van der Waals surface area contributed by atoms with E-state index in [1.807, 2.05) is 24.3 Å². The molecule has 3 rings (SSSR count). The Kier molecular flexibility index (Phi) is 1.63. The van der Waals surface area contributed by atoms with Gasteiger partial charge in [-0.05, 0) is 6.07 Å². The lowest BCUT2D eigenvalue weighted by atomic mass is 10.00. The van der Waals surface area contributed by atoms with Crippen molar-refractivity contribution in [3.63, 3.8) is 0 Å². The Morgan fingerprint density at radius 2 is 2.21 bits per heavy atom. The van der Waals surface area contributed by atoms with Gasteiger partial charge in [-0.2, -0.15) is 0 Å². The molecule has 3 nitrogen and oxygen atoms in total. The zero-order valence-electron chi connectivity index (χ0n) is 7.54. The molecule has 1 amide bonds. The topological polar surface area (TPSA) is 41.1 Å². The Balaban J connectivity index is 2.18. The van der Waals surface area contributed by atoms with Crippen molar-refractivity contribution in [2.45, 2.75) is 4.75 Å². The first-order valence-corrected chi connectivity index (χ1v) is 5.57. The molecule has 1 aromatic rings. The maximum atomic E-state index is 11.9. The zero-order chi connectivity index (χ0) is 9.60. The molecule has 0 unspecified atom stereocenters. The molecule has 0 bridgehead atoms. The second kappa shape index (κ2) is 2.74. The molecule has 0 saturated carbocycles. The number of para-hydroxylation sites is 1. The normalized spacial score (nSPS) is 29.3. The first kappa shape index (κ1) is 8.32. The first-order chi connectivity index (χ1) is 6.83. The highest BCUT2D eigenvalue weighted by Gasteiger charge is 2.49. The van der Waals surface area contributed by atoms with Gasteiger partial charge in [0, 0.05) is 23.7 Å². The van der Waals surface area contributed by atoms with Gasteiger partial charge in [0.05, 0.1) is 0 Å². The summed E-state index contributed by atoms with van der Waals surface area (Å²) in [5.41, 5.74) is 2.09. The summed E-state index contributed by atoms with van der Waals surface area (Å²) in [5.74, 6) is 0.968. The van der Waals surface area contributed by atoms with Crippen LogP contribution < -0.4 is 10.6 Å². The largest absolute Gasteiger partial charge is 0.324 e. The van der Waals surface area contributed by atoms with Crippen molar-refractivity contribution >= 4 is 23.4 Å². The lowest BCUT2D eigenvalue weighted by Crippen LogP contribution is -2.34. The van der Waals surface area contributed by atoms with Gasteiger partial charge in [-0.1, -0.05) is 18.2 Å². The average molecular weight is 206 g/mol. The summed E-state index contributed by atoms with van der Waals surface area (Å²) in [6, 6.07) is 7.93. The van der Waals surface area contributed by atoms with Crippen LogP contribution in [0.5, 0.6) is 0 Å². The van der Waals surface area contributed by atoms with Crippen LogP contribution in [0.4, 0.5) is 5.69 Å². The molecular formula is C10H10N2OS. The van der Waals surface area contributed by atoms with Gasteiger partial charge in [-0.3, -0.25) is 4.79 Å². The van der Waals surface area contributed by atoms with Gasteiger partial charge in [0.1, 0.15) is 4.75 Å². The van der Waals surface area contributed by atoms with Crippen LogP contribution in [0.15, 0.2) is 24.3 Å². The number of carbonyl (C=O) groups is 1. The van der Waals surface area contributed by atoms with Gasteiger partial charge in [-0.25, -0.2) is 0 Å². The predicted octanol–water partition coefficient (Wildman–Crippen LogP) is 1.13. The maximum absolute atomic E-state index is 11.9. The van der Waals surface area contributed by atoms with E-state index in [0.29, 0.717) is 0 Å². The third-order valence-corrected chi connectivity index (χ3v) is 4.16. The Bertz CT molecular complexity index is 399. The van der Waals surface area contributed by atoms with E-state index in [9.17, 15) is 4.79 Å². The molecule has 4 heteroatoms. The molecule has 2 heterocycles. The van der Waals surface area contributed by atoms with Crippen molar-refractivity contribution < 1.29 is 4.79 Å². The molecule has 1 saturated heterocycles. The summed E-state index contributed by atoms with van der Waals surface area (Å²) >= 11 is 1.68. The molecule has 1 atom stereocenters. The van der Waals surface area contributed by atoms with Crippen molar-refractivity contribution in [2.24, 2.45) is 0 Å². The summed E-state index contributed by atoms with van der Waals surface area (Å²) in [5, 5.41) is 6.16. The van der Waals surface area contributed by atoms with E-state index in [4.69, 9.17) is 0 Å². The molecule has 1 spiro atoms.